The monoisotopic (exact) mass is 310 g/mol. The maximum absolute atomic E-state index is 12.5. The molecule has 0 aliphatic carbocycles. The van der Waals surface area contributed by atoms with Crippen LogP contribution in [-0.4, -0.2) is 47.1 Å². The van der Waals surface area contributed by atoms with Crippen molar-refractivity contribution < 1.29 is 14.7 Å². The predicted octanol–water partition coefficient (Wildman–Crippen LogP) is 1.63. The Kier molecular flexibility index (Phi) is 5.76. The molecule has 2 unspecified atom stereocenters. The van der Waals surface area contributed by atoms with Crippen LogP contribution in [0.5, 0.6) is 0 Å². The van der Waals surface area contributed by atoms with Gasteiger partial charge >= 0.3 is 0 Å². The number of aliphatic hydroxyl groups is 1. The molecule has 0 radical (unpaired) electrons. The standard InChI is InChI=1S/C15H22N2O3S/c1-11(16-14(19)13-7-4-10-21-13)15(20)17-8-2-5-12(17)6-3-9-18/h4,7,10-12,18H,2-3,5-6,8-9H2,1H3,(H,16,19). The van der Waals surface area contributed by atoms with Gasteiger partial charge in [0.1, 0.15) is 6.04 Å². The summed E-state index contributed by atoms with van der Waals surface area (Å²) in [5, 5.41) is 13.5. The van der Waals surface area contributed by atoms with E-state index >= 15 is 0 Å². The Morgan fingerprint density at radius 3 is 3.05 bits per heavy atom. The lowest BCUT2D eigenvalue weighted by Gasteiger charge is -2.27. The van der Waals surface area contributed by atoms with Crippen molar-refractivity contribution in [2.45, 2.75) is 44.7 Å². The van der Waals surface area contributed by atoms with Crippen LogP contribution in [-0.2, 0) is 4.79 Å². The highest BCUT2D eigenvalue weighted by molar-refractivity contribution is 7.12. The second-order valence-electron chi connectivity index (χ2n) is 5.37. The molecule has 1 fully saturated rings. The molecule has 1 saturated heterocycles. The summed E-state index contributed by atoms with van der Waals surface area (Å²) in [4.78, 5) is 26.9. The number of carbonyl (C=O) groups excluding carboxylic acids is 2. The molecule has 0 bridgehead atoms. The number of carbonyl (C=O) groups is 2. The van der Waals surface area contributed by atoms with Crippen molar-refractivity contribution in [1.29, 1.82) is 0 Å². The van der Waals surface area contributed by atoms with Crippen molar-refractivity contribution in [2.75, 3.05) is 13.2 Å². The normalized spacial score (nSPS) is 19.5. The minimum absolute atomic E-state index is 0.0275. The Bertz CT molecular complexity index is 475. The third-order valence-corrected chi connectivity index (χ3v) is 4.69. The molecule has 2 rings (SSSR count). The van der Waals surface area contributed by atoms with Gasteiger partial charge in [-0.25, -0.2) is 0 Å². The molecule has 116 valence electrons. The van der Waals surface area contributed by atoms with Crippen molar-refractivity contribution in [3.8, 4) is 0 Å². The molecule has 0 saturated carbocycles. The topological polar surface area (TPSA) is 69.6 Å². The Balaban J connectivity index is 1.90. The molecular weight excluding hydrogens is 288 g/mol. The summed E-state index contributed by atoms with van der Waals surface area (Å²) in [5.74, 6) is -0.225. The number of aliphatic hydroxyl groups excluding tert-OH is 1. The second kappa shape index (κ2) is 7.56. The zero-order chi connectivity index (χ0) is 15.2. The van der Waals surface area contributed by atoms with Crippen LogP contribution in [0.25, 0.3) is 0 Å². The third-order valence-electron chi connectivity index (χ3n) is 3.82. The predicted molar refractivity (Wildman–Crippen MR) is 82.3 cm³/mol. The van der Waals surface area contributed by atoms with Gasteiger partial charge in [-0.1, -0.05) is 6.07 Å². The lowest BCUT2D eigenvalue weighted by Crippen LogP contribution is -2.48. The number of hydrogen-bond donors (Lipinski definition) is 2. The molecule has 0 spiro atoms. The highest BCUT2D eigenvalue weighted by Gasteiger charge is 2.31. The first kappa shape index (κ1) is 16.0. The molecule has 2 amide bonds. The molecule has 2 N–H and O–H groups in total. The van der Waals surface area contributed by atoms with Crippen LogP contribution >= 0.6 is 11.3 Å². The van der Waals surface area contributed by atoms with E-state index in [1.807, 2.05) is 16.3 Å². The molecule has 6 heteroatoms. The van der Waals surface area contributed by atoms with E-state index in [4.69, 9.17) is 5.11 Å². The first-order chi connectivity index (χ1) is 10.1. The van der Waals surface area contributed by atoms with Crippen molar-refractivity contribution in [1.82, 2.24) is 10.2 Å². The molecule has 1 aromatic rings. The van der Waals surface area contributed by atoms with Crippen LogP contribution in [0.2, 0.25) is 0 Å². The fourth-order valence-corrected chi connectivity index (χ4v) is 3.37. The van der Waals surface area contributed by atoms with Crippen LogP contribution in [0.3, 0.4) is 0 Å². The number of amides is 2. The summed E-state index contributed by atoms with van der Waals surface area (Å²) in [5.41, 5.74) is 0. The fraction of sp³-hybridized carbons (Fsp3) is 0.600. The van der Waals surface area contributed by atoms with Crippen molar-refractivity contribution in [3.05, 3.63) is 22.4 Å². The van der Waals surface area contributed by atoms with Crippen LogP contribution in [0.15, 0.2) is 17.5 Å². The number of nitrogens with one attached hydrogen (secondary N) is 1. The second-order valence-corrected chi connectivity index (χ2v) is 6.31. The number of rotatable bonds is 6. The maximum Gasteiger partial charge on any atom is 0.261 e. The Hall–Kier alpha value is -1.40. The van der Waals surface area contributed by atoms with Gasteiger partial charge in [-0.15, -0.1) is 11.3 Å². The summed E-state index contributed by atoms with van der Waals surface area (Å²) in [6.07, 6.45) is 3.52. The molecule has 1 aliphatic rings. The minimum atomic E-state index is -0.519. The van der Waals surface area contributed by atoms with Gasteiger partial charge in [0.2, 0.25) is 5.91 Å². The van der Waals surface area contributed by atoms with Crippen molar-refractivity contribution in [3.63, 3.8) is 0 Å². The quantitative estimate of drug-likeness (QED) is 0.839. The van der Waals surface area contributed by atoms with Gasteiger partial charge < -0.3 is 15.3 Å². The Morgan fingerprint density at radius 2 is 2.38 bits per heavy atom. The summed E-state index contributed by atoms with van der Waals surface area (Å²) >= 11 is 1.36. The largest absolute Gasteiger partial charge is 0.396 e. The minimum Gasteiger partial charge on any atom is -0.396 e. The summed E-state index contributed by atoms with van der Waals surface area (Å²) in [6.45, 7) is 2.63. The average Bonchev–Trinajstić information content (AvgIpc) is 3.15. The average molecular weight is 310 g/mol. The first-order valence-electron chi connectivity index (χ1n) is 7.39. The van der Waals surface area contributed by atoms with Crippen LogP contribution in [0, 0.1) is 0 Å². The van der Waals surface area contributed by atoms with Gasteiger partial charge in [0.15, 0.2) is 0 Å². The van der Waals surface area contributed by atoms with Gasteiger partial charge in [0.05, 0.1) is 4.88 Å². The maximum atomic E-state index is 12.5. The van der Waals surface area contributed by atoms with E-state index in [2.05, 4.69) is 5.32 Å². The lowest BCUT2D eigenvalue weighted by molar-refractivity contribution is -0.133. The van der Waals surface area contributed by atoms with E-state index in [-0.39, 0.29) is 24.5 Å². The van der Waals surface area contributed by atoms with Gasteiger partial charge in [-0.05, 0) is 44.1 Å². The fourth-order valence-electron chi connectivity index (χ4n) is 2.74. The molecule has 0 aromatic carbocycles. The van der Waals surface area contributed by atoms with Crippen molar-refractivity contribution in [2.24, 2.45) is 0 Å². The molecular formula is C15H22N2O3S. The van der Waals surface area contributed by atoms with Crippen LogP contribution in [0.4, 0.5) is 0 Å². The van der Waals surface area contributed by atoms with Crippen molar-refractivity contribution >= 4 is 23.2 Å². The Morgan fingerprint density at radius 1 is 1.57 bits per heavy atom. The molecule has 1 aliphatic heterocycles. The lowest BCUT2D eigenvalue weighted by atomic mass is 10.1. The molecule has 2 atom stereocenters. The van der Waals surface area contributed by atoms with Gasteiger partial charge in [0, 0.05) is 19.2 Å². The zero-order valence-corrected chi connectivity index (χ0v) is 13.1. The SMILES string of the molecule is CC(NC(=O)c1cccs1)C(=O)N1CCCC1CCCO. The zero-order valence-electron chi connectivity index (χ0n) is 12.2. The highest BCUT2D eigenvalue weighted by atomic mass is 32.1. The highest BCUT2D eigenvalue weighted by Crippen LogP contribution is 2.22. The first-order valence-corrected chi connectivity index (χ1v) is 8.27. The molecule has 2 heterocycles. The number of nitrogens with zero attached hydrogens (tertiary/aromatic N) is 1. The molecule has 21 heavy (non-hydrogen) atoms. The van der Waals surface area contributed by atoms with E-state index in [0.29, 0.717) is 11.3 Å². The molecule has 5 nitrogen and oxygen atoms in total. The van der Waals surface area contributed by atoms with Gasteiger partial charge in [-0.2, -0.15) is 0 Å². The van der Waals surface area contributed by atoms with E-state index < -0.39 is 6.04 Å². The smallest absolute Gasteiger partial charge is 0.261 e. The van der Waals surface area contributed by atoms with Gasteiger partial charge in [-0.3, -0.25) is 9.59 Å². The molecule has 1 aromatic heterocycles. The number of hydrogen-bond acceptors (Lipinski definition) is 4. The summed E-state index contributed by atoms with van der Waals surface area (Å²) in [7, 11) is 0. The van der Waals surface area contributed by atoms with Gasteiger partial charge in [0.25, 0.3) is 5.91 Å². The van der Waals surface area contributed by atoms with Crippen LogP contribution in [0.1, 0.15) is 42.3 Å². The summed E-state index contributed by atoms with van der Waals surface area (Å²) < 4.78 is 0. The van der Waals surface area contributed by atoms with E-state index in [1.165, 1.54) is 11.3 Å². The van der Waals surface area contributed by atoms with E-state index in [1.54, 1.807) is 13.0 Å². The van der Waals surface area contributed by atoms with Crippen LogP contribution < -0.4 is 5.32 Å². The van der Waals surface area contributed by atoms with E-state index in [9.17, 15) is 9.59 Å². The number of likely N-dealkylation sites (tertiary alicyclic amines) is 1. The number of thiophene rings is 1. The summed E-state index contributed by atoms with van der Waals surface area (Å²) in [6, 6.07) is 3.24. The van der Waals surface area contributed by atoms with E-state index in [0.717, 1.165) is 25.8 Å². The Labute approximate surface area is 129 Å². The third kappa shape index (κ3) is 4.04.